The highest BCUT2D eigenvalue weighted by Gasteiger charge is 2.36. The molecule has 0 spiro atoms. The van der Waals surface area contributed by atoms with E-state index < -0.39 is 0 Å². The highest BCUT2D eigenvalue weighted by molar-refractivity contribution is 5.80. The first-order chi connectivity index (χ1) is 12.6. The highest BCUT2D eigenvalue weighted by atomic mass is 19.1. The van der Waals surface area contributed by atoms with Crippen LogP contribution in [0.3, 0.4) is 0 Å². The van der Waals surface area contributed by atoms with Gasteiger partial charge in [-0.15, -0.1) is 0 Å². The van der Waals surface area contributed by atoms with Gasteiger partial charge in [0, 0.05) is 18.5 Å². The molecule has 1 fully saturated rings. The summed E-state index contributed by atoms with van der Waals surface area (Å²) in [5.74, 6) is 0.0285. The van der Waals surface area contributed by atoms with E-state index in [0.717, 1.165) is 43.2 Å². The van der Waals surface area contributed by atoms with E-state index in [1.807, 2.05) is 17.0 Å². The smallest absolute Gasteiger partial charge is 0.226 e. The van der Waals surface area contributed by atoms with E-state index >= 15 is 0 Å². The number of fused-ring (bicyclic) bond motifs is 1. The summed E-state index contributed by atoms with van der Waals surface area (Å²) in [6, 6.07) is 15.0. The molecule has 0 saturated heterocycles. The second-order valence-electron chi connectivity index (χ2n) is 7.55. The molecule has 0 aromatic heterocycles. The Morgan fingerprint density at radius 1 is 1.00 bits per heavy atom. The van der Waals surface area contributed by atoms with Crippen molar-refractivity contribution in [3.8, 4) is 0 Å². The summed E-state index contributed by atoms with van der Waals surface area (Å²) in [6.07, 6.45) is 4.44. The molecule has 2 aromatic carbocycles. The van der Waals surface area contributed by atoms with Gasteiger partial charge in [-0.2, -0.15) is 0 Å². The molecular formula is C22H25FN2O. The molecule has 4 heteroatoms. The minimum atomic E-state index is -0.253. The van der Waals surface area contributed by atoms with Crippen LogP contribution in [-0.2, 0) is 11.2 Å². The Hall–Kier alpha value is -2.20. The van der Waals surface area contributed by atoms with Crippen molar-refractivity contribution >= 4 is 5.91 Å². The second kappa shape index (κ2) is 7.20. The van der Waals surface area contributed by atoms with Crippen LogP contribution in [0.5, 0.6) is 0 Å². The molecule has 1 aliphatic carbocycles. The van der Waals surface area contributed by atoms with Crippen LogP contribution in [0.15, 0.2) is 48.5 Å². The van der Waals surface area contributed by atoms with Crippen LogP contribution < -0.4 is 5.73 Å². The number of nitrogens with two attached hydrogens (primary N) is 1. The highest BCUT2D eigenvalue weighted by Crippen LogP contribution is 2.37. The van der Waals surface area contributed by atoms with Gasteiger partial charge in [-0.25, -0.2) is 4.39 Å². The van der Waals surface area contributed by atoms with Crippen molar-refractivity contribution in [1.82, 2.24) is 4.90 Å². The fourth-order valence-electron chi connectivity index (χ4n) is 4.41. The molecule has 26 heavy (non-hydrogen) atoms. The molecule has 2 aliphatic rings. The molecule has 0 bridgehead atoms. The standard InChI is InChI=1S/C22H25FN2O/c23-18-9-5-16(6-10-18)21-20-4-2-1-3-15(20)13-14-25(21)22(26)17-7-11-19(24)12-8-17/h1-6,9-10,17,19,21H,7-8,11-14,24H2/t17-,19-,21-/m0/s1. The van der Waals surface area contributed by atoms with Crippen molar-refractivity contribution < 1.29 is 9.18 Å². The number of carbonyl (C=O) groups is 1. The predicted molar refractivity (Wildman–Crippen MR) is 100 cm³/mol. The molecule has 2 N–H and O–H groups in total. The lowest BCUT2D eigenvalue weighted by Crippen LogP contribution is -2.45. The van der Waals surface area contributed by atoms with Gasteiger partial charge in [0.1, 0.15) is 5.82 Å². The Morgan fingerprint density at radius 3 is 2.42 bits per heavy atom. The maximum atomic E-state index is 13.4. The first kappa shape index (κ1) is 17.2. The number of hydrogen-bond acceptors (Lipinski definition) is 2. The first-order valence-electron chi connectivity index (χ1n) is 9.53. The van der Waals surface area contributed by atoms with Gasteiger partial charge >= 0.3 is 0 Å². The minimum Gasteiger partial charge on any atom is -0.331 e. The van der Waals surface area contributed by atoms with Crippen LogP contribution in [0.25, 0.3) is 0 Å². The summed E-state index contributed by atoms with van der Waals surface area (Å²) >= 11 is 0. The molecular weight excluding hydrogens is 327 g/mol. The lowest BCUT2D eigenvalue weighted by molar-refractivity contribution is -0.138. The largest absolute Gasteiger partial charge is 0.331 e. The Bertz CT molecular complexity index is 781. The van der Waals surface area contributed by atoms with Crippen molar-refractivity contribution in [2.45, 2.75) is 44.2 Å². The number of nitrogens with zero attached hydrogens (tertiary/aromatic N) is 1. The maximum absolute atomic E-state index is 13.4. The Morgan fingerprint density at radius 2 is 1.69 bits per heavy atom. The van der Waals surface area contributed by atoms with Crippen molar-refractivity contribution in [2.75, 3.05) is 6.54 Å². The van der Waals surface area contributed by atoms with Gasteiger partial charge in [0.05, 0.1) is 6.04 Å². The van der Waals surface area contributed by atoms with Gasteiger partial charge < -0.3 is 10.6 Å². The summed E-state index contributed by atoms with van der Waals surface area (Å²) in [5.41, 5.74) is 9.42. The summed E-state index contributed by atoms with van der Waals surface area (Å²) in [6.45, 7) is 0.709. The van der Waals surface area contributed by atoms with E-state index in [4.69, 9.17) is 5.73 Å². The van der Waals surface area contributed by atoms with Gasteiger partial charge in [-0.3, -0.25) is 4.79 Å². The van der Waals surface area contributed by atoms with Crippen LogP contribution in [0, 0.1) is 11.7 Å². The third-order valence-corrected chi connectivity index (χ3v) is 5.87. The van der Waals surface area contributed by atoms with E-state index in [1.54, 1.807) is 12.1 Å². The molecule has 1 aliphatic heterocycles. The van der Waals surface area contributed by atoms with Crippen LogP contribution in [0.4, 0.5) is 4.39 Å². The molecule has 0 unspecified atom stereocenters. The lowest BCUT2D eigenvalue weighted by Gasteiger charge is -2.40. The Kier molecular flexibility index (Phi) is 4.77. The van der Waals surface area contributed by atoms with Crippen molar-refractivity contribution in [1.29, 1.82) is 0 Å². The Balaban J connectivity index is 1.68. The zero-order valence-electron chi connectivity index (χ0n) is 14.9. The van der Waals surface area contributed by atoms with Crippen LogP contribution >= 0.6 is 0 Å². The molecule has 136 valence electrons. The second-order valence-corrected chi connectivity index (χ2v) is 7.55. The van der Waals surface area contributed by atoms with E-state index in [-0.39, 0.29) is 29.7 Å². The zero-order chi connectivity index (χ0) is 18.1. The average Bonchev–Trinajstić information content (AvgIpc) is 2.68. The zero-order valence-corrected chi connectivity index (χ0v) is 14.9. The number of carbonyl (C=O) groups excluding carboxylic acids is 1. The Labute approximate surface area is 154 Å². The monoisotopic (exact) mass is 352 g/mol. The van der Waals surface area contributed by atoms with E-state index in [9.17, 15) is 9.18 Å². The summed E-state index contributed by atoms with van der Waals surface area (Å²) < 4.78 is 13.4. The minimum absolute atomic E-state index is 0.0583. The average molecular weight is 352 g/mol. The SMILES string of the molecule is N[C@H]1CC[C@H](C(=O)N2CCc3ccccc3[C@@H]2c2ccc(F)cc2)CC1. The first-order valence-corrected chi connectivity index (χ1v) is 9.53. The van der Waals surface area contributed by atoms with Gasteiger partial charge in [0.15, 0.2) is 0 Å². The summed E-state index contributed by atoms with van der Waals surface area (Å²) in [4.78, 5) is 15.3. The van der Waals surface area contributed by atoms with Gasteiger partial charge in [-0.05, 0) is 60.9 Å². The van der Waals surface area contributed by atoms with Crippen molar-refractivity contribution in [3.63, 3.8) is 0 Å². The van der Waals surface area contributed by atoms with E-state index in [1.165, 1.54) is 17.7 Å². The van der Waals surface area contributed by atoms with Crippen LogP contribution in [-0.4, -0.2) is 23.4 Å². The van der Waals surface area contributed by atoms with Crippen LogP contribution in [0.2, 0.25) is 0 Å². The normalized spacial score (nSPS) is 25.6. The molecule has 4 rings (SSSR count). The maximum Gasteiger partial charge on any atom is 0.226 e. The quantitative estimate of drug-likeness (QED) is 0.893. The molecule has 2 aromatic rings. The molecule has 1 amide bonds. The van der Waals surface area contributed by atoms with Crippen molar-refractivity contribution in [2.24, 2.45) is 11.7 Å². The molecule has 1 atom stereocenters. The fourth-order valence-corrected chi connectivity index (χ4v) is 4.41. The van der Waals surface area contributed by atoms with Crippen molar-refractivity contribution in [3.05, 3.63) is 71.0 Å². The topological polar surface area (TPSA) is 46.3 Å². The van der Waals surface area contributed by atoms with Gasteiger partial charge in [0.25, 0.3) is 0 Å². The van der Waals surface area contributed by atoms with E-state index in [0.29, 0.717) is 6.54 Å². The number of rotatable bonds is 2. The molecule has 1 saturated carbocycles. The van der Waals surface area contributed by atoms with E-state index in [2.05, 4.69) is 12.1 Å². The third-order valence-electron chi connectivity index (χ3n) is 5.87. The number of halogens is 1. The number of benzene rings is 2. The molecule has 3 nitrogen and oxygen atoms in total. The van der Waals surface area contributed by atoms with Gasteiger partial charge in [0.2, 0.25) is 5.91 Å². The summed E-state index contributed by atoms with van der Waals surface area (Å²) in [5, 5.41) is 0. The lowest BCUT2D eigenvalue weighted by atomic mass is 9.83. The molecule has 0 radical (unpaired) electrons. The summed E-state index contributed by atoms with van der Waals surface area (Å²) in [7, 11) is 0. The third kappa shape index (κ3) is 3.26. The molecule has 1 heterocycles. The number of hydrogen-bond donors (Lipinski definition) is 1. The fraction of sp³-hybridized carbons (Fsp3) is 0.409. The predicted octanol–water partition coefficient (Wildman–Crippen LogP) is 3.82. The van der Waals surface area contributed by atoms with Gasteiger partial charge in [-0.1, -0.05) is 36.4 Å². The number of amides is 1. The van der Waals surface area contributed by atoms with Crippen LogP contribution in [0.1, 0.15) is 48.4 Å².